The number of alkyl halides is 3. The Morgan fingerprint density at radius 1 is 1.39 bits per heavy atom. The first-order chi connectivity index (χ1) is 17.0. The number of nitrogens with two attached hydrogens (primary N) is 1. The van der Waals surface area contributed by atoms with Crippen LogP contribution in [-0.4, -0.2) is 56.4 Å². The zero-order valence-electron chi connectivity index (χ0n) is 19.5. The predicted molar refractivity (Wildman–Crippen MR) is 124 cm³/mol. The van der Waals surface area contributed by atoms with Gasteiger partial charge in [-0.3, -0.25) is 19.2 Å². The van der Waals surface area contributed by atoms with Gasteiger partial charge in [-0.05, 0) is 31.9 Å². The normalized spacial score (nSPS) is 16.9. The van der Waals surface area contributed by atoms with Crippen molar-refractivity contribution in [2.24, 2.45) is 12.8 Å². The molecule has 0 radical (unpaired) electrons. The summed E-state index contributed by atoms with van der Waals surface area (Å²) in [6.07, 6.45) is 1.19. The van der Waals surface area contributed by atoms with E-state index in [4.69, 9.17) is 10.2 Å². The fourth-order valence-corrected chi connectivity index (χ4v) is 3.98. The number of pyridine rings is 1. The Hall–Kier alpha value is -3.94. The second-order valence-corrected chi connectivity index (χ2v) is 8.60. The van der Waals surface area contributed by atoms with E-state index in [1.165, 1.54) is 23.0 Å². The van der Waals surface area contributed by atoms with Crippen LogP contribution in [0, 0.1) is 0 Å². The van der Waals surface area contributed by atoms with Crippen LogP contribution < -0.4 is 21.3 Å². The van der Waals surface area contributed by atoms with Gasteiger partial charge in [0.25, 0.3) is 5.91 Å². The maximum atomic E-state index is 12.9. The highest BCUT2D eigenvalue weighted by atomic mass is 19.4. The first-order valence-electron chi connectivity index (χ1n) is 11.2. The number of carbonyl (C=O) groups is 2. The van der Waals surface area contributed by atoms with Crippen molar-refractivity contribution in [3.8, 4) is 11.5 Å². The van der Waals surface area contributed by atoms with Crippen molar-refractivity contribution < 1.29 is 27.2 Å². The van der Waals surface area contributed by atoms with Gasteiger partial charge in [0.1, 0.15) is 24.3 Å². The molecule has 1 unspecified atom stereocenters. The van der Waals surface area contributed by atoms with Gasteiger partial charge in [0.05, 0.1) is 6.20 Å². The minimum Gasteiger partial charge on any atom is -0.444 e. The molecule has 0 spiro atoms. The van der Waals surface area contributed by atoms with Gasteiger partial charge in [0.2, 0.25) is 11.8 Å². The molecule has 0 aromatic carbocycles. The third-order valence-corrected chi connectivity index (χ3v) is 5.47. The average molecular weight is 506 g/mol. The third kappa shape index (κ3) is 5.82. The van der Waals surface area contributed by atoms with E-state index in [-0.39, 0.29) is 35.4 Å². The van der Waals surface area contributed by atoms with Gasteiger partial charge in [-0.2, -0.15) is 18.3 Å². The van der Waals surface area contributed by atoms with Crippen molar-refractivity contribution in [3.63, 3.8) is 0 Å². The van der Waals surface area contributed by atoms with Crippen LogP contribution in [0.3, 0.4) is 0 Å². The number of aryl methyl sites for hydroxylation is 1. The fourth-order valence-electron chi connectivity index (χ4n) is 3.98. The predicted octanol–water partition coefficient (Wildman–Crippen LogP) is 2.93. The minimum absolute atomic E-state index is 0.0225. The van der Waals surface area contributed by atoms with E-state index in [9.17, 15) is 22.8 Å². The summed E-state index contributed by atoms with van der Waals surface area (Å²) in [5.41, 5.74) is 6.53. The Bertz CT molecular complexity index is 1250. The summed E-state index contributed by atoms with van der Waals surface area (Å²) < 4.78 is 44.3. The Morgan fingerprint density at radius 2 is 2.17 bits per heavy atom. The molecule has 36 heavy (non-hydrogen) atoms. The van der Waals surface area contributed by atoms with Crippen LogP contribution in [0.5, 0.6) is 0 Å². The van der Waals surface area contributed by atoms with E-state index in [0.29, 0.717) is 36.3 Å². The lowest BCUT2D eigenvalue weighted by Crippen LogP contribution is -2.37. The van der Waals surface area contributed by atoms with E-state index >= 15 is 0 Å². The molecule has 2 amide bonds. The topological polar surface area (TPSA) is 144 Å². The SMILES string of the molecule is CC(N)C[C@H]1CCC(=O)N1c1nn(C)cc1NC(=O)c1coc(-c2ccnc(NCC(F)(F)F)c2)n1. The van der Waals surface area contributed by atoms with Crippen LogP contribution >= 0.6 is 0 Å². The summed E-state index contributed by atoms with van der Waals surface area (Å²) in [5.74, 6) is -0.399. The molecule has 4 rings (SSSR count). The summed E-state index contributed by atoms with van der Waals surface area (Å²) in [7, 11) is 1.67. The van der Waals surface area contributed by atoms with Gasteiger partial charge in [0.15, 0.2) is 11.5 Å². The second kappa shape index (κ2) is 9.97. The van der Waals surface area contributed by atoms with E-state index in [1.807, 2.05) is 6.92 Å². The van der Waals surface area contributed by atoms with E-state index in [0.717, 1.165) is 6.26 Å². The Labute approximate surface area is 203 Å². The van der Waals surface area contributed by atoms with Crippen molar-refractivity contribution in [1.82, 2.24) is 19.7 Å². The summed E-state index contributed by atoms with van der Waals surface area (Å²) in [6.45, 7) is 0.614. The lowest BCUT2D eigenvalue weighted by Gasteiger charge is -2.25. The zero-order valence-corrected chi connectivity index (χ0v) is 19.5. The first kappa shape index (κ1) is 25.2. The summed E-state index contributed by atoms with van der Waals surface area (Å²) in [4.78, 5) is 35.1. The maximum absolute atomic E-state index is 12.9. The molecule has 4 heterocycles. The van der Waals surface area contributed by atoms with Crippen LogP contribution in [0.4, 0.5) is 30.5 Å². The number of halogens is 3. The van der Waals surface area contributed by atoms with Crippen LogP contribution in [0.2, 0.25) is 0 Å². The standard InChI is InChI=1S/C22H25F3N8O3/c1-12(26)7-14-3-4-18(34)33(14)19-15(9-32(2)31-19)29-20(35)16-10-36-21(30-16)13-5-6-27-17(8-13)28-11-22(23,24)25/h5-6,8-10,12,14H,3-4,7,11,26H2,1-2H3,(H,27,28)(H,29,35)/t12?,14-/m1/s1. The van der Waals surface area contributed by atoms with Gasteiger partial charge in [-0.25, -0.2) is 9.97 Å². The molecule has 1 fully saturated rings. The minimum atomic E-state index is -4.40. The van der Waals surface area contributed by atoms with Crippen molar-refractivity contribution in [2.45, 2.75) is 44.4 Å². The summed E-state index contributed by atoms with van der Waals surface area (Å²) >= 11 is 0. The van der Waals surface area contributed by atoms with Crippen molar-refractivity contribution in [1.29, 1.82) is 0 Å². The van der Waals surface area contributed by atoms with Crippen molar-refractivity contribution in [3.05, 3.63) is 36.5 Å². The van der Waals surface area contributed by atoms with Gasteiger partial charge >= 0.3 is 6.18 Å². The molecular weight excluding hydrogens is 481 g/mol. The fraction of sp³-hybridized carbons (Fsp3) is 0.409. The number of hydrogen-bond acceptors (Lipinski definition) is 8. The van der Waals surface area contributed by atoms with Gasteiger partial charge < -0.3 is 20.8 Å². The molecular formula is C22H25F3N8O3. The number of hydrogen-bond donors (Lipinski definition) is 3. The number of nitrogens with zero attached hydrogens (tertiary/aromatic N) is 5. The summed E-state index contributed by atoms with van der Waals surface area (Å²) in [5, 5.41) is 9.26. The third-order valence-electron chi connectivity index (χ3n) is 5.47. The largest absolute Gasteiger partial charge is 0.444 e. The molecule has 2 atom stereocenters. The number of carbonyl (C=O) groups excluding carboxylic acids is 2. The van der Waals surface area contributed by atoms with Gasteiger partial charge in [-0.1, -0.05) is 0 Å². The quantitative estimate of drug-likeness (QED) is 0.423. The molecule has 0 saturated carbocycles. The zero-order chi connectivity index (χ0) is 26.0. The molecule has 3 aromatic heterocycles. The Morgan fingerprint density at radius 3 is 2.89 bits per heavy atom. The summed E-state index contributed by atoms with van der Waals surface area (Å²) in [6, 6.07) is 2.57. The molecule has 0 aliphatic carbocycles. The van der Waals surface area contributed by atoms with E-state index in [1.54, 1.807) is 18.1 Å². The molecule has 1 saturated heterocycles. The highest BCUT2D eigenvalue weighted by molar-refractivity contribution is 6.06. The molecule has 3 aromatic rings. The lowest BCUT2D eigenvalue weighted by atomic mass is 10.1. The smallest absolute Gasteiger partial charge is 0.405 e. The van der Waals surface area contributed by atoms with Crippen molar-refractivity contribution in [2.75, 3.05) is 22.1 Å². The van der Waals surface area contributed by atoms with Crippen LogP contribution in [-0.2, 0) is 11.8 Å². The average Bonchev–Trinajstić information content (AvgIpc) is 3.51. The molecule has 11 nitrogen and oxygen atoms in total. The highest BCUT2D eigenvalue weighted by Crippen LogP contribution is 2.33. The van der Waals surface area contributed by atoms with Gasteiger partial charge in [0, 0.05) is 37.3 Å². The number of amides is 2. The molecule has 1 aliphatic rings. The molecule has 0 bridgehead atoms. The van der Waals surface area contributed by atoms with Crippen LogP contribution in [0.1, 0.15) is 36.7 Å². The molecule has 1 aliphatic heterocycles. The number of anilines is 3. The highest BCUT2D eigenvalue weighted by Gasteiger charge is 2.36. The molecule has 4 N–H and O–H groups in total. The van der Waals surface area contributed by atoms with Crippen molar-refractivity contribution >= 4 is 29.1 Å². The van der Waals surface area contributed by atoms with E-state index in [2.05, 4.69) is 25.7 Å². The first-order valence-corrected chi connectivity index (χ1v) is 11.2. The Kier molecular flexibility index (Phi) is 6.97. The number of oxazole rings is 1. The Balaban J connectivity index is 1.51. The molecule has 192 valence electrons. The maximum Gasteiger partial charge on any atom is 0.405 e. The number of nitrogens with one attached hydrogen (secondary N) is 2. The molecule has 14 heteroatoms. The monoisotopic (exact) mass is 506 g/mol. The van der Waals surface area contributed by atoms with Crippen LogP contribution in [0.15, 0.2) is 35.2 Å². The van der Waals surface area contributed by atoms with Gasteiger partial charge in [-0.15, -0.1) is 0 Å². The van der Waals surface area contributed by atoms with E-state index < -0.39 is 18.6 Å². The number of rotatable bonds is 8. The lowest BCUT2D eigenvalue weighted by molar-refractivity contribution is -0.117. The number of aromatic nitrogens is 4. The second-order valence-electron chi connectivity index (χ2n) is 8.60. The van der Waals surface area contributed by atoms with Crippen LogP contribution in [0.25, 0.3) is 11.5 Å².